The Bertz CT molecular complexity index is 186. The van der Waals surface area contributed by atoms with Gasteiger partial charge in [-0.1, -0.05) is 6.08 Å². The second-order valence-electron chi connectivity index (χ2n) is 3.54. The van der Waals surface area contributed by atoms with E-state index in [1.54, 1.807) is 26.8 Å². The Morgan fingerprint density at radius 3 is 2.33 bits per heavy atom. The van der Waals surface area contributed by atoms with Crippen molar-refractivity contribution in [1.29, 1.82) is 0 Å². The topological polar surface area (TPSA) is 57.5 Å². The molecule has 0 aromatic carbocycles. The van der Waals surface area contributed by atoms with E-state index in [2.05, 4.69) is 0 Å². The van der Waals surface area contributed by atoms with Gasteiger partial charge in [0.2, 0.25) is 0 Å². The average Bonchev–Trinajstić information content (AvgIpc) is 1.84. The SMILES string of the molecule is CC(=CCCC(C)(C)O)C(=O)O. The van der Waals surface area contributed by atoms with Gasteiger partial charge in [-0.25, -0.2) is 4.79 Å². The molecule has 3 nitrogen and oxygen atoms in total. The van der Waals surface area contributed by atoms with Crippen LogP contribution in [0.3, 0.4) is 0 Å². The number of carboxylic acid groups (broad SMARTS) is 1. The smallest absolute Gasteiger partial charge is 0.330 e. The second kappa shape index (κ2) is 4.26. The molecule has 0 saturated heterocycles. The van der Waals surface area contributed by atoms with Gasteiger partial charge in [0.15, 0.2) is 0 Å². The molecule has 70 valence electrons. The van der Waals surface area contributed by atoms with Crippen LogP contribution < -0.4 is 0 Å². The van der Waals surface area contributed by atoms with E-state index in [1.807, 2.05) is 0 Å². The number of aliphatic carboxylic acids is 1. The van der Waals surface area contributed by atoms with Crippen molar-refractivity contribution in [3.05, 3.63) is 11.6 Å². The number of carbonyl (C=O) groups is 1. The van der Waals surface area contributed by atoms with Gasteiger partial charge in [-0.05, 0) is 33.6 Å². The van der Waals surface area contributed by atoms with Crippen molar-refractivity contribution < 1.29 is 15.0 Å². The van der Waals surface area contributed by atoms with Crippen molar-refractivity contribution in [2.45, 2.75) is 39.2 Å². The summed E-state index contributed by atoms with van der Waals surface area (Å²) in [5.41, 5.74) is -0.380. The summed E-state index contributed by atoms with van der Waals surface area (Å²) < 4.78 is 0. The van der Waals surface area contributed by atoms with Crippen molar-refractivity contribution in [2.75, 3.05) is 0 Å². The summed E-state index contributed by atoms with van der Waals surface area (Å²) in [6.45, 7) is 4.96. The minimum Gasteiger partial charge on any atom is -0.478 e. The molecule has 0 aliphatic heterocycles. The number of rotatable bonds is 4. The highest BCUT2D eigenvalue weighted by molar-refractivity contribution is 5.85. The van der Waals surface area contributed by atoms with E-state index < -0.39 is 11.6 Å². The predicted octanol–water partition coefficient (Wildman–Crippen LogP) is 1.57. The molecule has 0 aliphatic rings. The van der Waals surface area contributed by atoms with Crippen LogP contribution in [0.1, 0.15) is 33.6 Å². The standard InChI is InChI=1S/C9H16O3/c1-7(8(10)11)5-4-6-9(2,3)12/h5,12H,4,6H2,1-3H3,(H,10,11). The molecule has 0 radical (unpaired) electrons. The van der Waals surface area contributed by atoms with E-state index >= 15 is 0 Å². The van der Waals surface area contributed by atoms with E-state index in [4.69, 9.17) is 5.11 Å². The average molecular weight is 172 g/mol. The molecule has 0 amide bonds. The number of hydrogen-bond donors (Lipinski definition) is 2. The summed E-state index contributed by atoms with van der Waals surface area (Å²) in [7, 11) is 0. The van der Waals surface area contributed by atoms with Crippen LogP contribution >= 0.6 is 0 Å². The molecule has 0 atom stereocenters. The molecule has 0 rings (SSSR count). The van der Waals surface area contributed by atoms with Gasteiger partial charge >= 0.3 is 5.97 Å². The number of hydrogen-bond acceptors (Lipinski definition) is 2. The Morgan fingerprint density at radius 1 is 1.50 bits per heavy atom. The second-order valence-corrected chi connectivity index (χ2v) is 3.54. The molecular weight excluding hydrogens is 156 g/mol. The van der Waals surface area contributed by atoms with Gasteiger partial charge in [0.1, 0.15) is 0 Å². The highest BCUT2D eigenvalue weighted by Crippen LogP contribution is 2.11. The molecule has 0 saturated carbocycles. The third kappa shape index (κ3) is 5.92. The van der Waals surface area contributed by atoms with Crippen LogP contribution in [0.4, 0.5) is 0 Å². The Balaban J connectivity index is 3.83. The monoisotopic (exact) mass is 172 g/mol. The highest BCUT2D eigenvalue weighted by atomic mass is 16.4. The predicted molar refractivity (Wildman–Crippen MR) is 46.9 cm³/mol. The first-order valence-corrected chi connectivity index (χ1v) is 3.95. The molecule has 0 aromatic rings. The summed E-state index contributed by atoms with van der Waals surface area (Å²) in [5, 5.41) is 17.8. The fourth-order valence-corrected chi connectivity index (χ4v) is 0.729. The minimum absolute atomic E-state index is 0.333. The van der Waals surface area contributed by atoms with Gasteiger partial charge in [-0.3, -0.25) is 0 Å². The van der Waals surface area contributed by atoms with Crippen molar-refractivity contribution in [3.8, 4) is 0 Å². The van der Waals surface area contributed by atoms with E-state index in [0.717, 1.165) is 0 Å². The van der Waals surface area contributed by atoms with E-state index in [0.29, 0.717) is 18.4 Å². The molecule has 0 fully saturated rings. The number of carboxylic acids is 1. The molecule has 0 aromatic heterocycles. The van der Waals surface area contributed by atoms with Crippen molar-refractivity contribution in [2.24, 2.45) is 0 Å². The van der Waals surface area contributed by atoms with Crippen LogP contribution in [-0.2, 0) is 4.79 Å². The maximum absolute atomic E-state index is 10.3. The van der Waals surface area contributed by atoms with Crippen molar-refractivity contribution in [3.63, 3.8) is 0 Å². The van der Waals surface area contributed by atoms with Crippen LogP contribution in [-0.4, -0.2) is 21.8 Å². The minimum atomic E-state index is -0.897. The molecular formula is C9H16O3. The van der Waals surface area contributed by atoms with Crippen LogP contribution in [0, 0.1) is 0 Å². The number of allylic oxidation sites excluding steroid dienone is 1. The van der Waals surface area contributed by atoms with Crippen LogP contribution in [0.2, 0.25) is 0 Å². The zero-order valence-corrected chi connectivity index (χ0v) is 7.79. The van der Waals surface area contributed by atoms with Gasteiger partial charge in [0, 0.05) is 5.57 Å². The molecule has 0 aliphatic carbocycles. The third-order valence-corrected chi connectivity index (χ3v) is 1.54. The van der Waals surface area contributed by atoms with Gasteiger partial charge < -0.3 is 10.2 Å². The molecule has 0 bridgehead atoms. The fourth-order valence-electron chi connectivity index (χ4n) is 0.729. The van der Waals surface area contributed by atoms with Crippen LogP contribution in [0.5, 0.6) is 0 Å². The molecule has 3 heteroatoms. The van der Waals surface area contributed by atoms with E-state index in [1.165, 1.54) is 0 Å². The maximum Gasteiger partial charge on any atom is 0.330 e. The molecule has 12 heavy (non-hydrogen) atoms. The lowest BCUT2D eigenvalue weighted by Gasteiger charge is -2.14. The maximum atomic E-state index is 10.3. The van der Waals surface area contributed by atoms with Gasteiger partial charge in [-0.2, -0.15) is 0 Å². The number of aliphatic hydroxyl groups is 1. The molecule has 0 unspecified atom stereocenters. The summed E-state index contributed by atoms with van der Waals surface area (Å²) in [6, 6.07) is 0. The highest BCUT2D eigenvalue weighted by Gasteiger charge is 2.10. The Kier molecular flexibility index (Phi) is 3.96. The van der Waals surface area contributed by atoms with E-state index in [-0.39, 0.29) is 0 Å². The lowest BCUT2D eigenvalue weighted by Crippen LogP contribution is -2.17. The quantitative estimate of drug-likeness (QED) is 0.633. The molecule has 0 heterocycles. The Hall–Kier alpha value is -0.830. The molecule has 0 spiro atoms. The first-order valence-electron chi connectivity index (χ1n) is 3.95. The fraction of sp³-hybridized carbons (Fsp3) is 0.667. The van der Waals surface area contributed by atoms with Crippen LogP contribution in [0.15, 0.2) is 11.6 Å². The zero-order chi connectivity index (χ0) is 9.78. The van der Waals surface area contributed by atoms with Crippen molar-refractivity contribution in [1.82, 2.24) is 0 Å². The summed E-state index contributed by atoms with van der Waals surface area (Å²) in [6.07, 6.45) is 2.81. The van der Waals surface area contributed by atoms with Crippen molar-refractivity contribution >= 4 is 5.97 Å². The Morgan fingerprint density at radius 2 is 2.00 bits per heavy atom. The first kappa shape index (κ1) is 11.2. The lowest BCUT2D eigenvalue weighted by atomic mass is 10.0. The normalized spacial score (nSPS) is 13.2. The summed E-state index contributed by atoms with van der Waals surface area (Å²) >= 11 is 0. The first-order chi connectivity index (χ1) is 5.33. The largest absolute Gasteiger partial charge is 0.478 e. The van der Waals surface area contributed by atoms with Crippen LogP contribution in [0.25, 0.3) is 0 Å². The van der Waals surface area contributed by atoms with E-state index in [9.17, 15) is 9.90 Å². The summed E-state index contributed by atoms with van der Waals surface area (Å²) in [5.74, 6) is -0.897. The zero-order valence-electron chi connectivity index (χ0n) is 7.79. The molecule has 2 N–H and O–H groups in total. The van der Waals surface area contributed by atoms with Gasteiger partial charge in [0.05, 0.1) is 5.60 Å². The third-order valence-electron chi connectivity index (χ3n) is 1.54. The lowest BCUT2D eigenvalue weighted by molar-refractivity contribution is -0.132. The van der Waals surface area contributed by atoms with Gasteiger partial charge in [0.25, 0.3) is 0 Å². The van der Waals surface area contributed by atoms with Gasteiger partial charge in [-0.15, -0.1) is 0 Å². The summed E-state index contributed by atoms with van der Waals surface area (Å²) in [4.78, 5) is 10.3. The Labute approximate surface area is 72.7 Å².